The second-order valence-corrected chi connectivity index (χ2v) is 6.57. The van der Waals surface area contributed by atoms with Gasteiger partial charge < -0.3 is 10.1 Å². The van der Waals surface area contributed by atoms with Gasteiger partial charge in [-0.25, -0.2) is 4.98 Å². The summed E-state index contributed by atoms with van der Waals surface area (Å²) in [4.78, 5) is 4.81. The van der Waals surface area contributed by atoms with E-state index in [4.69, 9.17) is 9.72 Å². The Balaban J connectivity index is 1.62. The van der Waals surface area contributed by atoms with Crippen LogP contribution in [0.5, 0.6) is 0 Å². The third-order valence-corrected chi connectivity index (χ3v) is 4.97. The van der Waals surface area contributed by atoms with Gasteiger partial charge in [0, 0.05) is 37.5 Å². The van der Waals surface area contributed by atoms with Crippen molar-refractivity contribution in [2.45, 2.75) is 25.3 Å². The van der Waals surface area contributed by atoms with Crippen LogP contribution in [0.2, 0.25) is 0 Å². The molecule has 112 valence electrons. The maximum Gasteiger partial charge on any atom is 0.0931 e. The molecule has 0 aliphatic carbocycles. The normalized spacial score (nSPS) is 19.8. The number of rotatable bonds is 6. The van der Waals surface area contributed by atoms with E-state index < -0.39 is 0 Å². The zero-order chi connectivity index (χ0) is 14.5. The first kappa shape index (κ1) is 14.7. The van der Waals surface area contributed by atoms with E-state index in [9.17, 15) is 0 Å². The zero-order valence-electron chi connectivity index (χ0n) is 12.4. The number of hydrogen-bond donors (Lipinski definition) is 1. The Bertz CT molecular complexity index is 549. The first-order valence-corrected chi connectivity index (χ1v) is 8.46. The molecule has 1 fully saturated rings. The van der Waals surface area contributed by atoms with E-state index >= 15 is 0 Å². The van der Waals surface area contributed by atoms with E-state index in [0.29, 0.717) is 12.0 Å². The lowest BCUT2D eigenvalue weighted by atomic mass is 10.0. The molecular weight excluding hydrogens is 280 g/mol. The molecular formula is C17H22N2OS. The molecule has 1 saturated heterocycles. The summed E-state index contributed by atoms with van der Waals surface area (Å²) in [5.41, 5.74) is 2.51. The standard InChI is InChI=1S/C17H22N2OS/c1-18-16(14-5-3-2-4-6-14)10-15-12-21-17(19-15)9-13-7-8-20-11-13/h2-6,12-13,16,18H,7-11H2,1H3. The van der Waals surface area contributed by atoms with Gasteiger partial charge in [0.15, 0.2) is 0 Å². The van der Waals surface area contributed by atoms with Gasteiger partial charge in [-0.15, -0.1) is 11.3 Å². The average molecular weight is 302 g/mol. The third kappa shape index (κ3) is 3.90. The number of thiazole rings is 1. The first-order valence-electron chi connectivity index (χ1n) is 7.58. The van der Waals surface area contributed by atoms with Crippen LogP contribution in [0.15, 0.2) is 35.7 Å². The maximum absolute atomic E-state index is 5.44. The van der Waals surface area contributed by atoms with Gasteiger partial charge in [0.25, 0.3) is 0 Å². The Labute approximate surface area is 130 Å². The molecule has 0 saturated carbocycles. The molecule has 0 bridgehead atoms. The maximum atomic E-state index is 5.44. The van der Waals surface area contributed by atoms with Gasteiger partial charge in [-0.05, 0) is 24.9 Å². The van der Waals surface area contributed by atoms with E-state index in [2.05, 4.69) is 41.0 Å². The average Bonchev–Trinajstić information content (AvgIpc) is 3.18. The molecule has 1 aromatic heterocycles. The summed E-state index contributed by atoms with van der Waals surface area (Å²) in [6.45, 7) is 1.82. The molecule has 2 atom stereocenters. The lowest BCUT2D eigenvalue weighted by Gasteiger charge is -2.15. The van der Waals surface area contributed by atoms with Gasteiger partial charge in [-0.3, -0.25) is 0 Å². The number of nitrogens with zero attached hydrogens (tertiary/aromatic N) is 1. The Morgan fingerprint density at radius 3 is 2.95 bits per heavy atom. The molecule has 4 heteroatoms. The SMILES string of the molecule is CNC(Cc1csc(CC2CCOC2)n1)c1ccccc1. The fraction of sp³-hybridized carbons (Fsp3) is 0.471. The van der Waals surface area contributed by atoms with Crippen LogP contribution in [0.1, 0.15) is 28.7 Å². The molecule has 2 unspecified atom stereocenters. The van der Waals surface area contributed by atoms with Crippen molar-refractivity contribution < 1.29 is 4.74 Å². The van der Waals surface area contributed by atoms with Crippen LogP contribution in [-0.2, 0) is 17.6 Å². The largest absolute Gasteiger partial charge is 0.381 e. The van der Waals surface area contributed by atoms with Gasteiger partial charge in [0.1, 0.15) is 0 Å². The van der Waals surface area contributed by atoms with E-state index in [1.807, 2.05) is 7.05 Å². The predicted octanol–water partition coefficient (Wildman–Crippen LogP) is 3.23. The lowest BCUT2D eigenvalue weighted by Crippen LogP contribution is -2.18. The summed E-state index contributed by atoms with van der Waals surface area (Å²) in [7, 11) is 2.01. The molecule has 2 heterocycles. The van der Waals surface area contributed by atoms with Crippen molar-refractivity contribution in [3.8, 4) is 0 Å². The van der Waals surface area contributed by atoms with Crippen molar-refractivity contribution in [3.63, 3.8) is 0 Å². The molecule has 1 aromatic carbocycles. The molecule has 1 N–H and O–H groups in total. The highest BCUT2D eigenvalue weighted by molar-refractivity contribution is 7.09. The van der Waals surface area contributed by atoms with Gasteiger partial charge in [-0.2, -0.15) is 0 Å². The van der Waals surface area contributed by atoms with Gasteiger partial charge >= 0.3 is 0 Å². The zero-order valence-corrected chi connectivity index (χ0v) is 13.2. The summed E-state index contributed by atoms with van der Waals surface area (Å²) in [5, 5.41) is 6.85. The predicted molar refractivity (Wildman–Crippen MR) is 86.7 cm³/mol. The molecule has 0 amide bonds. The van der Waals surface area contributed by atoms with Crippen LogP contribution in [0.25, 0.3) is 0 Å². The van der Waals surface area contributed by atoms with Crippen LogP contribution >= 0.6 is 11.3 Å². The fourth-order valence-corrected chi connectivity index (χ4v) is 3.73. The fourth-order valence-electron chi connectivity index (χ4n) is 2.81. The van der Waals surface area contributed by atoms with Crippen LogP contribution in [0.4, 0.5) is 0 Å². The second kappa shape index (κ2) is 7.16. The number of hydrogen-bond acceptors (Lipinski definition) is 4. The molecule has 2 aromatic rings. The Kier molecular flexibility index (Phi) is 5.01. The minimum absolute atomic E-state index is 0.330. The molecule has 3 rings (SSSR count). The molecule has 1 aliphatic rings. The second-order valence-electron chi connectivity index (χ2n) is 5.62. The molecule has 0 radical (unpaired) electrons. The van der Waals surface area contributed by atoms with Crippen molar-refractivity contribution in [2.75, 3.05) is 20.3 Å². The molecule has 0 spiro atoms. The van der Waals surface area contributed by atoms with Gasteiger partial charge in [-0.1, -0.05) is 30.3 Å². The topological polar surface area (TPSA) is 34.1 Å². The monoisotopic (exact) mass is 302 g/mol. The van der Waals surface area contributed by atoms with Gasteiger partial charge in [0.05, 0.1) is 10.7 Å². The molecule has 1 aliphatic heterocycles. The van der Waals surface area contributed by atoms with E-state index in [-0.39, 0.29) is 0 Å². The summed E-state index contributed by atoms with van der Waals surface area (Å²) >= 11 is 1.79. The summed E-state index contributed by atoms with van der Waals surface area (Å²) in [6, 6.07) is 10.9. The minimum Gasteiger partial charge on any atom is -0.381 e. The van der Waals surface area contributed by atoms with E-state index in [0.717, 1.165) is 26.1 Å². The van der Waals surface area contributed by atoms with Crippen LogP contribution < -0.4 is 5.32 Å². The lowest BCUT2D eigenvalue weighted by molar-refractivity contribution is 0.186. The third-order valence-electron chi connectivity index (χ3n) is 4.05. The number of ether oxygens (including phenoxy) is 1. The molecule has 21 heavy (non-hydrogen) atoms. The summed E-state index contributed by atoms with van der Waals surface area (Å²) < 4.78 is 5.44. The van der Waals surface area contributed by atoms with Crippen molar-refractivity contribution in [2.24, 2.45) is 5.92 Å². The summed E-state index contributed by atoms with van der Waals surface area (Å²) in [5.74, 6) is 0.665. The summed E-state index contributed by atoms with van der Waals surface area (Å²) in [6.07, 6.45) is 3.19. The first-order chi connectivity index (χ1) is 10.3. The number of benzene rings is 1. The smallest absolute Gasteiger partial charge is 0.0931 e. The number of aromatic nitrogens is 1. The Hall–Kier alpha value is -1.23. The highest BCUT2D eigenvalue weighted by Gasteiger charge is 2.18. The Morgan fingerprint density at radius 1 is 1.38 bits per heavy atom. The van der Waals surface area contributed by atoms with Crippen LogP contribution in [0, 0.1) is 5.92 Å². The van der Waals surface area contributed by atoms with E-state index in [1.54, 1.807) is 11.3 Å². The minimum atomic E-state index is 0.330. The Morgan fingerprint density at radius 2 is 2.24 bits per heavy atom. The van der Waals surface area contributed by atoms with Gasteiger partial charge in [0.2, 0.25) is 0 Å². The molecule has 3 nitrogen and oxygen atoms in total. The van der Waals surface area contributed by atoms with Crippen molar-refractivity contribution in [3.05, 3.63) is 52.0 Å². The number of nitrogens with one attached hydrogen (secondary N) is 1. The highest BCUT2D eigenvalue weighted by Crippen LogP contribution is 2.23. The van der Waals surface area contributed by atoms with Crippen molar-refractivity contribution in [1.29, 1.82) is 0 Å². The van der Waals surface area contributed by atoms with E-state index in [1.165, 1.54) is 22.7 Å². The number of likely N-dealkylation sites (N-methyl/N-ethyl adjacent to an activating group) is 1. The van der Waals surface area contributed by atoms with Crippen LogP contribution in [0.3, 0.4) is 0 Å². The van der Waals surface area contributed by atoms with Crippen LogP contribution in [-0.4, -0.2) is 25.2 Å². The highest BCUT2D eigenvalue weighted by atomic mass is 32.1. The van der Waals surface area contributed by atoms with Crippen molar-refractivity contribution >= 4 is 11.3 Å². The quantitative estimate of drug-likeness (QED) is 0.889. The van der Waals surface area contributed by atoms with Crippen molar-refractivity contribution in [1.82, 2.24) is 10.3 Å².